The molecule has 0 saturated carbocycles. The van der Waals surface area contributed by atoms with Crippen molar-refractivity contribution in [3.05, 3.63) is 94.6 Å². The van der Waals surface area contributed by atoms with Gasteiger partial charge in [-0.1, -0.05) is 48.5 Å². The number of furan rings is 1. The summed E-state index contributed by atoms with van der Waals surface area (Å²) in [4.78, 5) is 42.1. The quantitative estimate of drug-likeness (QED) is 0.406. The van der Waals surface area contributed by atoms with E-state index in [2.05, 4.69) is 10.4 Å². The third-order valence-corrected chi connectivity index (χ3v) is 7.71. The summed E-state index contributed by atoms with van der Waals surface area (Å²) < 4.78 is 5.50. The van der Waals surface area contributed by atoms with Crippen molar-refractivity contribution < 1.29 is 18.8 Å². The van der Waals surface area contributed by atoms with Crippen LogP contribution in [0.2, 0.25) is 0 Å². The Balaban J connectivity index is 1.30. The van der Waals surface area contributed by atoms with Gasteiger partial charge in [0.05, 0.1) is 12.3 Å². The number of nitrogens with one attached hydrogen (secondary N) is 1. The Labute approximate surface area is 210 Å². The predicted octanol–water partition coefficient (Wildman–Crippen LogP) is 4.64. The lowest BCUT2D eigenvalue weighted by Gasteiger charge is -2.25. The Morgan fingerprint density at radius 2 is 1.94 bits per heavy atom. The van der Waals surface area contributed by atoms with E-state index in [0.717, 1.165) is 20.5 Å². The van der Waals surface area contributed by atoms with E-state index in [1.807, 2.05) is 60.0 Å². The van der Waals surface area contributed by atoms with Crippen molar-refractivity contribution >= 4 is 45.7 Å². The minimum atomic E-state index is -1.29. The molecule has 2 aliphatic heterocycles. The SMILES string of the molecule is C[C@@]1(c2cccc3ccccc23)NC(=O)N(CC(=O)N2N=C(c3ccco3)C[C@H]2c2cccs2)C1=O. The van der Waals surface area contributed by atoms with Crippen LogP contribution in [0.4, 0.5) is 4.79 Å². The first kappa shape index (κ1) is 22.2. The lowest BCUT2D eigenvalue weighted by atomic mass is 9.88. The lowest BCUT2D eigenvalue weighted by molar-refractivity contribution is -0.139. The molecule has 1 saturated heterocycles. The number of imide groups is 1. The highest BCUT2D eigenvalue weighted by atomic mass is 32.1. The fraction of sp³-hybridized carbons (Fsp3) is 0.185. The first-order valence-corrected chi connectivity index (χ1v) is 12.4. The summed E-state index contributed by atoms with van der Waals surface area (Å²) in [6.45, 7) is 1.26. The molecule has 0 unspecified atom stereocenters. The zero-order valence-electron chi connectivity index (χ0n) is 19.4. The Morgan fingerprint density at radius 1 is 1.11 bits per heavy atom. The van der Waals surface area contributed by atoms with Crippen LogP contribution in [0.3, 0.4) is 0 Å². The van der Waals surface area contributed by atoms with E-state index < -0.39 is 29.9 Å². The van der Waals surface area contributed by atoms with E-state index in [0.29, 0.717) is 23.5 Å². The van der Waals surface area contributed by atoms with Gasteiger partial charge in [0, 0.05) is 11.3 Å². The number of amides is 4. The van der Waals surface area contributed by atoms with Crippen molar-refractivity contribution in [1.29, 1.82) is 0 Å². The van der Waals surface area contributed by atoms with E-state index in [1.165, 1.54) is 16.3 Å². The van der Waals surface area contributed by atoms with Gasteiger partial charge in [0.1, 0.15) is 23.6 Å². The Kier molecular flexibility index (Phi) is 5.22. The second-order valence-electron chi connectivity index (χ2n) is 8.97. The van der Waals surface area contributed by atoms with Gasteiger partial charge >= 0.3 is 6.03 Å². The number of benzene rings is 2. The molecule has 1 N–H and O–H groups in total. The maximum atomic E-state index is 13.6. The molecule has 36 heavy (non-hydrogen) atoms. The molecule has 2 aromatic carbocycles. The van der Waals surface area contributed by atoms with Crippen molar-refractivity contribution in [3.8, 4) is 0 Å². The largest absolute Gasteiger partial charge is 0.463 e. The van der Waals surface area contributed by atoms with Gasteiger partial charge in [-0.2, -0.15) is 5.10 Å². The highest BCUT2D eigenvalue weighted by Gasteiger charge is 2.51. The number of hydrogen-bond donors (Lipinski definition) is 1. The minimum Gasteiger partial charge on any atom is -0.463 e. The number of nitrogens with zero attached hydrogens (tertiary/aromatic N) is 3. The maximum absolute atomic E-state index is 13.6. The lowest BCUT2D eigenvalue weighted by Crippen LogP contribution is -2.43. The number of hydrazone groups is 1. The fourth-order valence-electron chi connectivity index (χ4n) is 4.93. The van der Waals surface area contributed by atoms with E-state index in [-0.39, 0.29) is 6.04 Å². The molecule has 0 radical (unpaired) electrons. The van der Waals surface area contributed by atoms with Gasteiger partial charge in [-0.25, -0.2) is 9.80 Å². The highest BCUT2D eigenvalue weighted by molar-refractivity contribution is 7.10. The molecule has 4 aromatic rings. The molecule has 0 aliphatic carbocycles. The normalized spacial score (nSPS) is 21.8. The van der Waals surface area contributed by atoms with Crippen LogP contribution >= 0.6 is 11.3 Å². The highest BCUT2D eigenvalue weighted by Crippen LogP contribution is 2.37. The monoisotopic (exact) mass is 498 g/mol. The van der Waals surface area contributed by atoms with Crippen LogP contribution in [0.5, 0.6) is 0 Å². The van der Waals surface area contributed by atoms with Crippen molar-refractivity contribution in [3.63, 3.8) is 0 Å². The van der Waals surface area contributed by atoms with Gasteiger partial charge in [-0.15, -0.1) is 11.3 Å². The van der Waals surface area contributed by atoms with Gasteiger partial charge in [0.15, 0.2) is 0 Å². The molecule has 4 heterocycles. The third kappa shape index (κ3) is 3.51. The molecule has 180 valence electrons. The summed E-state index contributed by atoms with van der Waals surface area (Å²) in [7, 11) is 0. The molecule has 9 heteroatoms. The second kappa shape index (κ2) is 8.46. The molecule has 4 amide bonds. The Bertz CT molecular complexity index is 1510. The first-order chi connectivity index (χ1) is 17.5. The third-order valence-electron chi connectivity index (χ3n) is 6.74. The van der Waals surface area contributed by atoms with E-state index in [1.54, 1.807) is 25.3 Å². The molecule has 6 rings (SSSR count). The predicted molar refractivity (Wildman–Crippen MR) is 135 cm³/mol. The molecule has 1 fully saturated rings. The molecule has 2 atom stereocenters. The van der Waals surface area contributed by atoms with Crippen molar-refractivity contribution in [2.24, 2.45) is 5.10 Å². The standard InChI is InChI=1S/C27H22N4O4S/c1-27(19-10-4-8-17-7-2-3-9-18(17)19)25(33)30(26(34)28-27)16-24(32)31-21(23-12-6-14-36-23)15-20(29-31)22-11-5-13-35-22/h2-14,21H,15-16H2,1H3,(H,28,34)/t21-,27-/m0/s1. The van der Waals surface area contributed by atoms with Crippen LogP contribution in [0.25, 0.3) is 10.8 Å². The maximum Gasteiger partial charge on any atom is 0.325 e. The van der Waals surface area contributed by atoms with Gasteiger partial charge < -0.3 is 9.73 Å². The molecular weight excluding hydrogens is 476 g/mol. The van der Waals surface area contributed by atoms with Crippen LogP contribution in [0.1, 0.15) is 35.6 Å². The Morgan fingerprint density at radius 3 is 2.72 bits per heavy atom. The smallest absolute Gasteiger partial charge is 0.325 e. The minimum absolute atomic E-state index is 0.331. The van der Waals surface area contributed by atoms with E-state index >= 15 is 0 Å². The summed E-state index contributed by atoms with van der Waals surface area (Å²) in [5, 5.41) is 12.5. The summed E-state index contributed by atoms with van der Waals surface area (Å²) in [5.41, 5.74) is 0.0353. The topological polar surface area (TPSA) is 95.2 Å². The average Bonchev–Trinajstić information content (AvgIpc) is 3.69. The molecule has 0 spiro atoms. The van der Waals surface area contributed by atoms with E-state index in [4.69, 9.17) is 4.42 Å². The number of fused-ring (bicyclic) bond motifs is 1. The van der Waals surface area contributed by atoms with Gasteiger partial charge in [-0.05, 0) is 46.8 Å². The number of hydrogen-bond acceptors (Lipinski definition) is 6. The van der Waals surface area contributed by atoms with Crippen LogP contribution in [-0.4, -0.2) is 40.0 Å². The number of rotatable bonds is 5. The summed E-state index contributed by atoms with van der Waals surface area (Å²) in [6.07, 6.45) is 2.04. The van der Waals surface area contributed by atoms with Crippen molar-refractivity contribution in [2.75, 3.05) is 6.54 Å². The zero-order chi connectivity index (χ0) is 24.9. The molecule has 8 nitrogen and oxygen atoms in total. The van der Waals surface area contributed by atoms with Crippen LogP contribution in [0, 0.1) is 0 Å². The van der Waals surface area contributed by atoms with Gasteiger partial charge in [0.25, 0.3) is 11.8 Å². The van der Waals surface area contributed by atoms with Crippen LogP contribution in [-0.2, 0) is 15.1 Å². The summed E-state index contributed by atoms with van der Waals surface area (Å²) in [6, 6.07) is 19.8. The fourth-order valence-corrected chi connectivity index (χ4v) is 5.74. The van der Waals surface area contributed by atoms with Crippen LogP contribution < -0.4 is 5.32 Å². The number of thiophene rings is 1. The van der Waals surface area contributed by atoms with Crippen LogP contribution in [0.15, 0.2) is 87.9 Å². The number of carbonyl (C=O) groups is 3. The number of carbonyl (C=O) groups excluding carboxylic acids is 3. The van der Waals surface area contributed by atoms with E-state index in [9.17, 15) is 14.4 Å². The van der Waals surface area contributed by atoms with Gasteiger partial charge in [-0.3, -0.25) is 14.5 Å². The second-order valence-corrected chi connectivity index (χ2v) is 9.95. The van der Waals surface area contributed by atoms with Crippen molar-refractivity contribution in [1.82, 2.24) is 15.2 Å². The summed E-state index contributed by atoms with van der Waals surface area (Å²) >= 11 is 1.52. The first-order valence-electron chi connectivity index (χ1n) is 11.5. The van der Waals surface area contributed by atoms with Crippen molar-refractivity contribution in [2.45, 2.75) is 24.9 Å². The number of urea groups is 1. The molecular formula is C27H22N4O4S. The van der Waals surface area contributed by atoms with Gasteiger partial charge in [0.2, 0.25) is 0 Å². The molecule has 2 aliphatic rings. The average molecular weight is 499 g/mol. The molecule has 0 bridgehead atoms. The zero-order valence-corrected chi connectivity index (χ0v) is 20.2. The Hall–Kier alpha value is -4.24. The molecule has 2 aromatic heterocycles. The summed E-state index contributed by atoms with van der Waals surface area (Å²) in [5.74, 6) is -0.328.